The van der Waals surface area contributed by atoms with Crippen LogP contribution in [-0.2, 0) is 16.1 Å². The van der Waals surface area contributed by atoms with Crippen LogP contribution in [-0.4, -0.2) is 46.2 Å². The molecule has 0 bridgehead atoms. The molecule has 0 saturated heterocycles. The smallest absolute Gasteiger partial charge is 0.186 e. The van der Waals surface area contributed by atoms with Gasteiger partial charge >= 0.3 is 0 Å². The number of Topliss-reactive ketones (excluding diaryl/α,β-unsaturated/α-hetero) is 2. The first-order valence-electron chi connectivity index (χ1n) is 7.02. The Balaban J connectivity index is 2.04. The fourth-order valence-electron chi connectivity index (χ4n) is 2.40. The monoisotopic (exact) mass is 287 g/mol. The van der Waals surface area contributed by atoms with Gasteiger partial charge in [-0.05, 0) is 27.8 Å². The van der Waals surface area contributed by atoms with Crippen LogP contribution in [0.1, 0.15) is 20.8 Å². The highest BCUT2D eigenvalue weighted by Crippen LogP contribution is 2.24. The fraction of sp³-hybridized carbons (Fsp3) is 0.438. The van der Waals surface area contributed by atoms with Gasteiger partial charge in [-0.25, -0.2) is 4.98 Å². The summed E-state index contributed by atoms with van der Waals surface area (Å²) in [7, 11) is 1.95. The maximum Gasteiger partial charge on any atom is 0.186 e. The van der Waals surface area contributed by atoms with Gasteiger partial charge < -0.3 is 9.47 Å². The molecule has 0 amide bonds. The van der Waals surface area contributed by atoms with Gasteiger partial charge in [-0.15, -0.1) is 0 Å². The Labute approximate surface area is 125 Å². The molecule has 5 heteroatoms. The van der Waals surface area contributed by atoms with Crippen molar-refractivity contribution in [3.8, 4) is 0 Å². The van der Waals surface area contributed by atoms with Gasteiger partial charge in [0.25, 0.3) is 0 Å². The van der Waals surface area contributed by atoms with E-state index in [-0.39, 0.29) is 11.6 Å². The van der Waals surface area contributed by atoms with Crippen molar-refractivity contribution in [2.45, 2.75) is 27.3 Å². The second-order valence-electron chi connectivity index (χ2n) is 5.55. The lowest BCUT2D eigenvalue weighted by molar-refractivity contribution is -0.116. The third-order valence-corrected chi connectivity index (χ3v) is 4.04. The summed E-state index contributed by atoms with van der Waals surface area (Å²) in [6.45, 7) is 7.28. The summed E-state index contributed by atoms with van der Waals surface area (Å²) in [6.07, 6.45) is 5.42. The van der Waals surface area contributed by atoms with Crippen LogP contribution in [0.2, 0.25) is 0 Å². The number of rotatable bonds is 5. The SMILES string of the molecule is CC1=C(C)C(=O)C(CN(C)CCn2ccnc2)=C(C)C1=O. The number of nitrogens with zero attached hydrogens (tertiary/aromatic N) is 3. The van der Waals surface area contributed by atoms with Gasteiger partial charge in [-0.3, -0.25) is 9.59 Å². The Kier molecular flexibility index (Phi) is 4.53. The maximum absolute atomic E-state index is 12.4. The molecular weight excluding hydrogens is 266 g/mol. The molecule has 112 valence electrons. The molecule has 0 spiro atoms. The summed E-state index contributed by atoms with van der Waals surface area (Å²) in [5.41, 5.74) is 2.35. The van der Waals surface area contributed by atoms with Crippen LogP contribution in [0.25, 0.3) is 0 Å². The topological polar surface area (TPSA) is 55.2 Å². The van der Waals surface area contributed by atoms with E-state index in [1.807, 2.05) is 17.8 Å². The zero-order valence-electron chi connectivity index (χ0n) is 13.0. The predicted molar refractivity (Wildman–Crippen MR) is 80.8 cm³/mol. The van der Waals surface area contributed by atoms with Gasteiger partial charge in [0.15, 0.2) is 11.6 Å². The van der Waals surface area contributed by atoms with E-state index in [2.05, 4.69) is 9.88 Å². The van der Waals surface area contributed by atoms with Crippen LogP contribution in [0.5, 0.6) is 0 Å². The Morgan fingerprint density at radius 3 is 2.38 bits per heavy atom. The average molecular weight is 287 g/mol. The first-order valence-corrected chi connectivity index (χ1v) is 7.02. The van der Waals surface area contributed by atoms with Gasteiger partial charge in [-0.2, -0.15) is 0 Å². The lowest BCUT2D eigenvalue weighted by atomic mass is 9.86. The van der Waals surface area contributed by atoms with Gasteiger partial charge in [0.1, 0.15) is 0 Å². The quantitative estimate of drug-likeness (QED) is 0.772. The third-order valence-electron chi connectivity index (χ3n) is 4.04. The Morgan fingerprint density at radius 2 is 1.76 bits per heavy atom. The second kappa shape index (κ2) is 6.18. The molecule has 5 nitrogen and oxygen atoms in total. The van der Waals surface area contributed by atoms with Crippen LogP contribution in [0, 0.1) is 0 Å². The predicted octanol–water partition coefficient (Wildman–Crippen LogP) is 1.62. The molecule has 0 aromatic carbocycles. The molecule has 0 atom stereocenters. The van der Waals surface area contributed by atoms with Crippen molar-refractivity contribution in [3.05, 3.63) is 41.0 Å². The highest BCUT2D eigenvalue weighted by atomic mass is 16.1. The molecule has 1 heterocycles. The summed E-state index contributed by atoms with van der Waals surface area (Å²) >= 11 is 0. The van der Waals surface area contributed by atoms with Crippen LogP contribution < -0.4 is 0 Å². The number of imidazole rings is 1. The molecule has 1 aromatic heterocycles. The van der Waals surface area contributed by atoms with E-state index in [0.717, 1.165) is 13.1 Å². The lowest BCUT2D eigenvalue weighted by Crippen LogP contribution is -2.31. The van der Waals surface area contributed by atoms with Crippen molar-refractivity contribution in [1.29, 1.82) is 0 Å². The number of carbonyl (C=O) groups excluding carboxylic acids is 2. The summed E-state index contributed by atoms with van der Waals surface area (Å²) < 4.78 is 1.99. The molecule has 0 N–H and O–H groups in total. The Hall–Kier alpha value is -2.01. The van der Waals surface area contributed by atoms with E-state index in [9.17, 15) is 9.59 Å². The number of hydrogen-bond donors (Lipinski definition) is 0. The van der Waals surface area contributed by atoms with E-state index < -0.39 is 0 Å². The van der Waals surface area contributed by atoms with Crippen molar-refractivity contribution < 1.29 is 9.59 Å². The van der Waals surface area contributed by atoms with Crippen LogP contribution in [0.4, 0.5) is 0 Å². The normalized spacial score (nSPS) is 16.4. The molecule has 0 aliphatic heterocycles. The van der Waals surface area contributed by atoms with E-state index in [4.69, 9.17) is 0 Å². The number of hydrogen-bond acceptors (Lipinski definition) is 4. The molecule has 0 unspecified atom stereocenters. The second-order valence-corrected chi connectivity index (χ2v) is 5.55. The highest BCUT2D eigenvalue weighted by Gasteiger charge is 2.28. The summed E-state index contributed by atoms with van der Waals surface area (Å²) in [5, 5.41) is 0. The van der Waals surface area contributed by atoms with Crippen LogP contribution in [0.15, 0.2) is 41.0 Å². The highest BCUT2D eigenvalue weighted by molar-refractivity contribution is 6.24. The van der Waals surface area contributed by atoms with Crippen molar-refractivity contribution in [1.82, 2.24) is 14.5 Å². The summed E-state index contributed by atoms with van der Waals surface area (Å²) in [4.78, 5) is 30.5. The maximum atomic E-state index is 12.4. The largest absolute Gasteiger partial charge is 0.336 e. The number of aromatic nitrogens is 2. The first-order chi connectivity index (χ1) is 9.91. The minimum absolute atomic E-state index is 0.000851. The van der Waals surface area contributed by atoms with Crippen molar-refractivity contribution in [2.75, 3.05) is 20.1 Å². The van der Waals surface area contributed by atoms with Crippen LogP contribution in [0.3, 0.4) is 0 Å². The number of allylic oxidation sites excluding steroid dienone is 3. The number of ketones is 2. The molecule has 0 saturated carbocycles. The molecule has 1 aliphatic carbocycles. The zero-order valence-corrected chi connectivity index (χ0v) is 13.0. The lowest BCUT2D eigenvalue weighted by Gasteiger charge is -2.23. The fourth-order valence-corrected chi connectivity index (χ4v) is 2.40. The van der Waals surface area contributed by atoms with Crippen molar-refractivity contribution in [2.24, 2.45) is 0 Å². The molecule has 2 rings (SSSR count). The molecule has 0 fully saturated rings. The number of carbonyl (C=O) groups is 2. The molecular formula is C16H21N3O2. The first kappa shape index (κ1) is 15.4. The van der Waals surface area contributed by atoms with Gasteiger partial charge in [0, 0.05) is 54.3 Å². The van der Waals surface area contributed by atoms with E-state index >= 15 is 0 Å². The van der Waals surface area contributed by atoms with E-state index in [0.29, 0.717) is 28.8 Å². The zero-order chi connectivity index (χ0) is 15.6. The Bertz CT molecular complexity index is 624. The molecule has 21 heavy (non-hydrogen) atoms. The minimum atomic E-state index is -0.00916. The Morgan fingerprint density at radius 1 is 1.10 bits per heavy atom. The standard InChI is InChI=1S/C16H21N3O2/c1-11-12(2)16(21)14(13(3)15(11)20)9-18(4)7-8-19-6-5-17-10-19/h5-6,10H,7-9H2,1-4H3. The molecule has 1 aromatic rings. The van der Waals surface area contributed by atoms with Gasteiger partial charge in [-0.1, -0.05) is 0 Å². The van der Waals surface area contributed by atoms with E-state index in [1.54, 1.807) is 33.3 Å². The summed E-state index contributed by atoms with van der Waals surface area (Å²) in [6, 6.07) is 0. The third kappa shape index (κ3) is 3.19. The van der Waals surface area contributed by atoms with E-state index in [1.165, 1.54) is 0 Å². The van der Waals surface area contributed by atoms with Gasteiger partial charge in [0.2, 0.25) is 0 Å². The molecule has 0 radical (unpaired) electrons. The minimum Gasteiger partial charge on any atom is -0.336 e. The molecule has 1 aliphatic rings. The van der Waals surface area contributed by atoms with Gasteiger partial charge in [0.05, 0.1) is 6.33 Å². The number of likely N-dealkylation sites (N-methyl/N-ethyl adjacent to an activating group) is 1. The summed E-state index contributed by atoms with van der Waals surface area (Å²) in [5.74, 6) is -0.0100. The van der Waals surface area contributed by atoms with Crippen LogP contribution >= 0.6 is 0 Å². The van der Waals surface area contributed by atoms with Crippen molar-refractivity contribution in [3.63, 3.8) is 0 Å². The van der Waals surface area contributed by atoms with Crippen molar-refractivity contribution >= 4 is 11.6 Å². The average Bonchev–Trinajstić information content (AvgIpc) is 2.99.